The van der Waals surface area contributed by atoms with Crippen molar-refractivity contribution in [1.82, 2.24) is 19.2 Å². The molecule has 2 amide bonds. The van der Waals surface area contributed by atoms with E-state index in [4.69, 9.17) is 16.3 Å². The van der Waals surface area contributed by atoms with Crippen LogP contribution in [0, 0.1) is 0 Å². The van der Waals surface area contributed by atoms with E-state index in [0.717, 1.165) is 4.70 Å². The van der Waals surface area contributed by atoms with E-state index in [0.29, 0.717) is 26.9 Å². The predicted molar refractivity (Wildman–Crippen MR) is 153 cm³/mol. The van der Waals surface area contributed by atoms with Gasteiger partial charge in [0.25, 0.3) is 5.91 Å². The monoisotopic (exact) mass is 599 g/mol. The molecule has 0 N–H and O–H groups in total. The quantitative estimate of drug-likeness (QED) is 0.304. The first-order valence-corrected chi connectivity index (χ1v) is 15.2. The summed E-state index contributed by atoms with van der Waals surface area (Å²) in [6, 6.07) is 16.7. The second kappa shape index (κ2) is 11.9. The van der Waals surface area contributed by atoms with Gasteiger partial charge in [-0.3, -0.25) is 14.7 Å². The molecule has 0 atom stereocenters. The lowest BCUT2D eigenvalue weighted by Gasteiger charge is -2.33. The second-order valence-corrected chi connectivity index (χ2v) is 12.3. The van der Waals surface area contributed by atoms with Crippen LogP contribution in [-0.4, -0.2) is 72.4 Å². The van der Waals surface area contributed by atoms with Gasteiger partial charge in [-0.25, -0.2) is 18.2 Å². The number of fused-ring (bicyclic) bond motifs is 1. The molecular formula is C27H26ClN5O5S2. The highest BCUT2D eigenvalue weighted by Gasteiger charge is 2.31. The standard InChI is InChI=1S/C27H26ClN5O5S2/c1-2-38-27(35)31-13-15-32(16-14-31)40(36,37)22-9-6-19(7-10-22)25(34)33(18-21-5-3-4-12-29-21)26-30-23-11-8-20(28)17-24(23)39-26/h3-12,17H,2,13-16,18H2,1H3. The van der Waals surface area contributed by atoms with Crippen LogP contribution < -0.4 is 4.90 Å². The number of pyridine rings is 1. The summed E-state index contributed by atoms with van der Waals surface area (Å²) < 4.78 is 33.7. The summed E-state index contributed by atoms with van der Waals surface area (Å²) in [4.78, 5) is 37.8. The molecule has 0 saturated carbocycles. The first-order chi connectivity index (χ1) is 19.3. The summed E-state index contributed by atoms with van der Waals surface area (Å²) in [5.41, 5.74) is 1.70. The second-order valence-electron chi connectivity index (χ2n) is 8.94. The van der Waals surface area contributed by atoms with Crippen LogP contribution in [0.15, 0.2) is 71.8 Å². The van der Waals surface area contributed by atoms with Crippen molar-refractivity contribution in [2.24, 2.45) is 0 Å². The maximum Gasteiger partial charge on any atom is 0.409 e. The van der Waals surface area contributed by atoms with E-state index in [9.17, 15) is 18.0 Å². The molecule has 1 saturated heterocycles. The molecule has 0 radical (unpaired) electrons. The smallest absolute Gasteiger partial charge is 0.409 e. The van der Waals surface area contributed by atoms with Crippen LogP contribution in [-0.2, 0) is 21.3 Å². The van der Waals surface area contributed by atoms with Gasteiger partial charge in [-0.1, -0.05) is 29.0 Å². The van der Waals surface area contributed by atoms with Crippen LogP contribution in [0.2, 0.25) is 5.02 Å². The lowest BCUT2D eigenvalue weighted by Crippen LogP contribution is -2.50. The molecule has 0 spiro atoms. The van der Waals surface area contributed by atoms with Crippen molar-refractivity contribution in [3.63, 3.8) is 0 Å². The van der Waals surface area contributed by atoms with Crippen molar-refractivity contribution < 1.29 is 22.7 Å². The summed E-state index contributed by atoms with van der Waals surface area (Å²) in [6.07, 6.45) is 1.20. The fraction of sp³-hybridized carbons (Fsp3) is 0.259. The third kappa shape index (κ3) is 5.94. The van der Waals surface area contributed by atoms with E-state index in [1.807, 2.05) is 12.1 Å². The zero-order valence-electron chi connectivity index (χ0n) is 21.6. The number of halogens is 1. The molecule has 13 heteroatoms. The van der Waals surface area contributed by atoms with E-state index in [2.05, 4.69) is 9.97 Å². The normalized spacial score (nSPS) is 14.3. The molecule has 2 aromatic carbocycles. The van der Waals surface area contributed by atoms with Gasteiger partial charge in [0.2, 0.25) is 10.0 Å². The van der Waals surface area contributed by atoms with Gasteiger partial charge in [-0.2, -0.15) is 4.31 Å². The van der Waals surface area contributed by atoms with Gasteiger partial charge in [0.1, 0.15) is 0 Å². The molecule has 10 nitrogen and oxygen atoms in total. The number of piperazine rings is 1. The highest BCUT2D eigenvalue weighted by atomic mass is 35.5. The topological polar surface area (TPSA) is 113 Å². The number of amides is 2. The zero-order chi connectivity index (χ0) is 28.3. The van der Waals surface area contributed by atoms with Crippen molar-refractivity contribution in [2.45, 2.75) is 18.4 Å². The Morgan fingerprint density at radius 3 is 2.48 bits per heavy atom. The van der Waals surface area contributed by atoms with Crippen LogP contribution >= 0.6 is 22.9 Å². The summed E-state index contributed by atoms with van der Waals surface area (Å²) in [5, 5.41) is 1.05. The number of rotatable bonds is 7. The lowest BCUT2D eigenvalue weighted by molar-refractivity contribution is 0.0933. The summed E-state index contributed by atoms with van der Waals surface area (Å²) in [7, 11) is -3.81. The van der Waals surface area contributed by atoms with Gasteiger partial charge in [0, 0.05) is 43.0 Å². The molecular weight excluding hydrogens is 574 g/mol. The molecule has 2 aromatic heterocycles. The molecule has 0 aliphatic carbocycles. The van der Waals surface area contributed by atoms with Gasteiger partial charge >= 0.3 is 6.09 Å². The highest BCUT2D eigenvalue weighted by Crippen LogP contribution is 2.32. The molecule has 1 aliphatic heterocycles. The van der Waals surface area contributed by atoms with E-state index < -0.39 is 16.1 Å². The SMILES string of the molecule is CCOC(=O)N1CCN(S(=O)(=O)c2ccc(C(=O)N(Cc3ccccn3)c3nc4ccc(Cl)cc4s3)cc2)CC1. The molecule has 0 unspecified atom stereocenters. The Bertz CT molecular complexity index is 1620. The number of ether oxygens (including phenoxy) is 1. The fourth-order valence-electron chi connectivity index (χ4n) is 4.28. The van der Waals surface area contributed by atoms with Crippen molar-refractivity contribution in [1.29, 1.82) is 0 Å². The number of hydrogen-bond acceptors (Lipinski definition) is 8. The number of benzene rings is 2. The number of carbonyl (C=O) groups is 2. The third-order valence-corrected chi connectivity index (χ3v) is 9.55. The number of nitrogens with zero attached hydrogens (tertiary/aromatic N) is 5. The van der Waals surface area contributed by atoms with E-state index >= 15 is 0 Å². The zero-order valence-corrected chi connectivity index (χ0v) is 24.0. The minimum absolute atomic E-state index is 0.0690. The fourth-order valence-corrected chi connectivity index (χ4v) is 6.94. The first-order valence-electron chi connectivity index (χ1n) is 12.6. The average molecular weight is 600 g/mol. The Hall–Kier alpha value is -3.58. The summed E-state index contributed by atoms with van der Waals surface area (Å²) >= 11 is 7.49. The Kier molecular flexibility index (Phi) is 8.31. The average Bonchev–Trinajstić information content (AvgIpc) is 3.39. The molecule has 1 aliphatic rings. The number of aromatic nitrogens is 2. The van der Waals surface area contributed by atoms with Gasteiger partial charge in [-0.15, -0.1) is 0 Å². The Morgan fingerprint density at radius 1 is 1.05 bits per heavy atom. The Balaban J connectivity index is 1.37. The van der Waals surface area contributed by atoms with Crippen molar-refractivity contribution in [2.75, 3.05) is 37.7 Å². The Morgan fingerprint density at radius 2 is 1.80 bits per heavy atom. The Labute approximate surface area is 240 Å². The predicted octanol–water partition coefficient (Wildman–Crippen LogP) is 4.65. The van der Waals surface area contributed by atoms with E-state index in [-0.39, 0.29) is 50.1 Å². The molecule has 1 fully saturated rings. The first kappa shape index (κ1) is 28.0. The van der Waals surface area contributed by atoms with Gasteiger partial charge in [-0.05, 0) is 61.5 Å². The van der Waals surface area contributed by atoms with Crippen LogP contribution in [0.4, 0.5) is 9.93 Å². The van der Waals surface area contributed by atoms with Crippen LogP contribution in [0.3, 0.4) is 0 Å². The van der Waals surface area contributed by atoms with Gasteiger partial charge < -0.3 is 9.64 Å². The number of anilines is 1. The largest absolute Gasteiger partial charge is 0.450 e. The number of hydrogen-bond donors (Lipinski definition) is 0. The molecule has 4 aromatic rings. The molecule has 40 heavy (non-hydrogen) atoms. The minimum atomic E-state index is -3.81. The molecule has 3 heterocycles. The van der Waals surface area contributed by atoms with Crippen molar-refractivity contribution in [3.05, 3.63) is 83.1 Å². The summed E-state index contributed by atoms with van der Waals surface area (Å²) in [6.45, 7) is 2.95. The number of sulfonamides is 1. The van der Waals surface area contributed by atoms with E-state index in [1.165, 1.54) is 49.7 Å². The third-order valence-electron chi connectivity index (χ3n) is 6.37. The molecule has 0 bridgehead atoms. The number of carbonyl (C=O) groups excluding carboxylic acids is 2. The van der Waals surface area contributed by atoms with E-state index in [1.54, 1.807) is 37.4 Å². The maximum atomic E-state index is 13.7. The van der Waals surface area contributed by atoms with Gasteiger partial charge in [0.05, 0.1) is 34.0 Å². The van der Waals surface area contributed by atoms with Crippen LogP contribution in [0.25, 0.3) is 10.2 Å². The molecule has 5 rings (SSSR count). The van der Waals surface area contributed by atoms with Crippen molar-refractivity contribution in [3.8, 4) is 0 Å². The van der Waals surface area contributed by atoms with Crippen LogP contribution in [0.5, 0.6) is 0 Å². The number of thiazole rings is 1. The van der Waals surface area contributed by atoms with Crippen molar-refractivity contribution >= 4 is 60.3 Å². The molecule has 208 valence electrons. The maximum absolute atomic E-state index is 13.7. The van der Waals surface area contributed by atoms with Crippen LogP contribution in [0.1, 0.15) is 23.0 Å². The van der Waals surface area contributed by atoms with Gasteiger partial charge in [0.15, 0.2) is 5.13 Å². The lowest BCUT2D eigenvalue weighted by atomic mass is 10.2. The summed E-state index contributed by atoms with van der Waals surface area (Å²) in [5.74, 6) is -0.345. The highest BCUT2D eigenvalue weighted by molar-refractivity contribution is 7.89. The minimum Gasteiger partial charge on any atom is -0.450 e.